The van der Waals surface area contributed by atoms with Crippen LogP contribution in [0, 0.1) is 0 Å². The first-order valence-electron chi connectivity index (χ1n) is 26.4. The molecule has 0 atom stereocenters. The van der Waals surface area contributed by atoms with Gasteiger partial charge in [-0.3, -0.25) is 0 Å². The summed E-state index contributed by atoms with van der Waals surface area (Å²) in [6, 6.07) is 53.6. The third-order valence-corrected chi connectivity index (χ3v) is 17.9. The van der Waals surface area contributed by atoms with E-state index in [0.717, 1.165) is 0 Å². The Labute approximate surface area is 422 Å². The van der Waals surface area contributed by atoms with Crippen molar-refractivity contribution in [2.45, 2.75) is 105 Å². The molecule has 0 bridgehead atoms. The summed E-state index contributed by atoms with van der Waals surface area (Å²) in [5, 5.41) is 8.00. The molecule has 4 aliphatic heterocycles. The molecular weight excluding hydrogens is 870 g/mol. The highest BCUT2D eigenvalue weighted by atomic mass is 15.1. The SMILES string of the molecule is CC(C)(C)c1ccc2c(c1)B1c3c(ccc4c5cc(C(C)(C)C)ccc5n-2c34)-c2cccc3c2n1c1c2cccc4c2n(c31)B1c2cc(C(C)(C)C)ccc2-n2c3ccc(C(C)(C)C)cc3c3ccc-4c1c32. The largest absolute Gasteiger partial charge is 0.374 e. The van der Waals surface area contributed by atoms with Gasteiger partial charge in [0.25, 0.3) is 0 Å². The topological polar surface area (TPSA) is 19.7 Å². The summed E-state index contributed by atoms with van der Waals surface area (Å²) in [7, 11) is 0. The van der Waals surface area contributed by atoms with E-state index in [1.807, 2.05) is 0 Å². The van der Waals surface area contributed by atoms with Crippen molar-refractivity contribution in [2.75, 3.05) is 0 Å². The summed E-state index contributed by atoms with van der Waals surface area (Å²) in [6.45, 7) is 28.1. The number of rotatable bonds is 0. The van der Waals surface area contributed by atoms with E-state index in [1.54, 1.807) is 0 Å². The van der Waals surface area contributed by atoms with Crippen molar-refractivity contribution in [3.8, 4) is 33.6 Å². The normalized spacial score (nSPS) is 14.6. The second kappa shape index (κ2) is 12.7. The minimum atomic E-state index is -0.0435. The van der Waals surface area contributed by atoms with Crippen LogP contribution in [0.4, 0.5) is 0 Å². The fourth-order valence-corrected chi connectivity index (χ4v) is 14.4. The second-order valence-corrected chi connectivity index (χ2v) is 26.2. The Morgan fingerprint density at radius 3 is 1.07 bits per heavy atom. The average Bonchev–Trinajstić information content (AvgIpc) is 4.07. The first-order valence-corrected chi connectivity index (χ1v) is 26.4. The van der Waals surface area contributed by atoms with Crippen LogP contribution in [-0.2, 0) is 21.7 Å². The number of benzene rings is 8. The van der Waals surface area contributed by atoms with Gasteiger partial charge < -0.3 is 18.1 Å². The Hall–Kier alpha value is -7.17. The van der Waals surface area contributed by atoms with Gasteiger partial charge in [0.2, 0.25) is 0 Å². The third kappa shape index (κ3) is 4.84. The van der Waals surface area contributed by atoms with E-state index >= 15 is 0 Å². The minimum absolute atomic E-state index is 0.0298. The van der Waals surface area contributed by atoms with Gasteiger partial charge in [0.15, 0.2) is 0 Å². The zero-order chi connectivity index (χ0) is 49.2. The van der Waals surface area contributed by atoms with Crippen molar-refractivity contribution < 1.29 is 0 Å². The van der Waals surface area contributed by atoms with E-state index in [2.05, 4.69) is 235 Å². The zero-order valence-corrected chi connectivity index (χ0v) is 43.6. The highest BCUT2D eigenvalue weighted by Crippen LogP contribution is 2.50. The monoisotopic (exact) mass is 928 g/mol. The Morgan fingerprint density at radius 2 is 0.681 bits per heavy atom. The lowest BCUT2D eigenvalue weighted by Gasteiger charge is -2.35. The van der Waals surface area contributed by atoms with Crippen LogP contribution in [0.25, 0.3) is 110 Å². The molecule has 4 aliphatic rings. The van der Waals surface area contributed by atoms with Crippen molar-refractivity contribution in [3.05, 3.63) is 156 Å². The van der Waals surface area contributed by atoms with Crippen molar-refractivity contribution in [1.29, 1.82) is 0 Å². The Kier molecular flexibility index (Phi) is 7.31. The van der Waals surface area contributed by atoms with Crippen molar-refractivity contribution in [1.82, 2.24) is 18.1 Å². The molecule has 16 rings (SSSR count). The maximum absolute atomic E-state index is 2.84. The summed E-state index contributed by atoms with van der Waals surface area (Å²) >= 11 is 0. The van der Waals surface area contributed by atoms with E-state index in [1.165, 1.54) is 154 Å². The lowest BCUT2D eigenvalue weighted by atomic mass is 9.45. The van der Waals surface area contributed by atoms with E-state index in [0.29, 0.717) is 0 Å². The molecule has 0 saturated heterocycles. The first kappa shape index (κ1) is 41.4. The summed E-state index contributed by atoms with van der Waals surface area (Å²) in [5.74, 6) is 0. The molecule has 4 aromatic heterocycles. The summed E-state index contributed by atoms with van der Waals surface area (Å²) in [6.07, 6.45) is 0. The van der Waals surface area contributed by atoms with E-state index < -0.39 is 0 Å². The number of fused-ring (bicyclic) bond motifs is 21. The van der Waals surface area contributed by atoms with E-state index in [4.69, 9.17) is 0 Å². The van der Waals surface area contributed by atoms with Crippen LogP contribution in [0.2, 0.25) is 0 Å². The number of hydrogen-bond donors (Lipinski definition) is 0. The van der Waals surface area contributed by atoms with Gasteiger partial charge in [0.05, 0.1) is 33.1 Å². The first-order chi connectivity index (χ1) is 34.3. The van der Waals surface area contributed by atoms with Gasteiger partial charge in [-0.05, 0) is 113 Å². The molecule has 0 aliphatic carbocycles. The predicted molar refractivity (Wildman–Crippen MR) is 310 cm³/mol. The molecule has 4 nitrogen and oxygen atoms in total. The van der Waals surface area contributed by atoms with Crippen molar-refractivity contribution in [2.24, 2.45) is 0 Å². The van der Waals surface area contributed by atoms with Crippen LogP contribution in [0.1, 0.15) is 105 Å². The third-order valence-electron chi connectivity index (χ3n) is 17.9. The summed E-state index contributed by atoms with van der Waals surface area (Å²) < 4.78 is 10.9. The lowest BCUT2D eigenvalue weighted by Crippen LogP contribution is -2.55. The van der Waals surface area contributed by atoms with Crippen LogP contribution in [-0.4, -0.2) is 31.8 Å². The predicted octanol–water partition coefficient (Wildman–Crippen LogP) is 14.0. The van der Waals surface area contributed by atoms with Crippen molar-refractivity contribution >= 4 is 112 Å². The van der Waals surface area contributed by atoms with Crippen LogP contribution in [0.15, 0.2) is 133 Å². The van der Waals surface area contributed by atoms with Crippen LogP contribution < -0.4 is 21.9 Å². The molecule has 0 saturated carbocycles. The Morgan fingerprint density at radius 1 is 0.306 bits per heavy atom. The molecule has 72 heavy (non-hydrogen) atoms. The van der Waals surface area contributed by atoms with Crippen LogP contribution in [0.5, 0.6) is 0 Å². The smallest absolute Gasteiger partial charge is 0.333 e. The fourth-order valence-electron chi connectivity index (χ4n) is 14.4. The maximum atomic E-state index is 2.84. The summed E-state index contributed by atoms with van der Waals surface area (Å²) in [4.78, 5) is 0. The van der Waals surface area contributed by atoms with Gasteiger partial charge in [-0.1, -0.05) is 180 Å². The van der Waals surface area contributed by atoms with Crippen LogP contribution in [0.3, 0.4) is 0 Å². The number of hydrogen-bond acceptors (Lipinski definition) is 0. The Bertz CT molecular complexity index is 4260. The molecule has 8 aromatic carbocycles. The molecule has 0 fully saturated rings. The number of aromatic nitrogens is 4. The molecule has 0 unspecified atom stereocenters. The number of nitrogens with zero attached hydrogens (tertiary/aromatic N) is 4. The lowest BCUT2D eigenvalue weighted by molar-refractivity contribution is 0.590. The summed E-state index contributed by atoms with van der Waals surface area (Å²) in [5.41, 5.74) is 29.6. The molecule has 6 heteroatoms. The fraction of sp³-hybridized carbons (Fsp3) is 0.242. The van der Waals surface area contributed by atoms with E-state index in [9.17, 15) is 0 Å². The van der Waals surface area contributed by atoms with E-state index in [-0.39, 0.29) is 35.4 Å². The Balaban J connectivity index is 1.08. The van der Waals surface area contributed by atoms with Gasteiger partial charge in [-0.15, -0.1) is 0 Å². The molecule has 12 aromatic rings. The van der Waals surface area contributed by atoms with Crippen molar-refractivity contribution in [3.63, 3.8) is 0 Å². The standard InChI is InChI=1S/C66H58B2N4/c1-63(2,3)35-19-27-51-47(31-35)43-25-23-39-41-15-13-17-45-57(41)71(67-49-33-37(65(7,8)9)21-29-53(49)69(51)59(43)55(39)67)61-46-18-14-16-42-40-24-26-44-48-32-36(64(4,5)6)20-28-52(48)70-54-30-22-38(66(10,11)12)34-50(54)68(56(40)60(44)70)72(58(42)46)62(45)61/h13-34H,1-12H3. The highest BCUT2D eigenvalue weighted by molar-refractivity contribution is 6.92. The van der Waals surface area contributed by atoms with Gasteiger partial charge >= 0.3 is 13.7 Å². The van der Waals surface area contributed by atoms with Gasteiger partial charge in [0.1, 0.15) is 0 Å². The van der Waals surface area contributed by atoms with Gasteiger partial charge in [0, 0.05) is 65.9 Å². The molecule has 0 radical (unpaired) electrons. The number of para-hydroxylation sites is 2. The maximum Gasteiger partial charge on any atom is 0.333 e. The highest BCUT2D eigenvalue weighted by Gasteiger charge is 2.47. The van der Waals surface area contributed by atoms with Gasteiger partial charge in [-0.25, -0.2) is 0 Å². The van der Waals surface area contributed by atoms with Gasteiger partial charge in [-0.2, -0.15) is 0 Å². The molecular formula is C66H58B2N4. The quantitative estimate of drug-likeness (QED) is 0.135. The molecule has 0 N–H and O–H groups in total. The minimum Gasteiger partial charge on any atom is -0.374 e. The van der Waals surface area contributed by atoms with Crippen LogP contribution >= 0.6 is 0 Å². The zero-order valence-electron chi connectivity index (χ0n) is 43.6. The molecule has 0 amide bonds. The molecule has 348 valence electrons. The molecule has 0 spiro atoms. The average molecular weight is 929 g/mol. The molecule has 8 heterocycles. The second-order valence-electron chi connectivity index (χ2n) is 26.2.